The molecule has 0 fully saturated rings. The number of ketones is 1. The summed E-state index contributed by atoms with van der Waals surface area (Å²) in [6.45, 7) is 6.49. The number of hydrogen-bond acceptors (Lipinski definition) is 4. The van der Waals surface area contributed by atoms with E-state index in [-0.39, 0.29) is 5.78 Å². The van der Waals surface area contributed by atoms with Crippen molar-refractivity contribution in [2.24, 2.45) is 7.05 Å². The van der Waals surface area contributed by atoms with Gasteiger partial charge in [0.15, 0.2) is 0 Å². The number of rotatable bonds is 6. The van der Waals surface area contributed by atoms with Crippen LogP contribution in [-0.4, -0.2) is 32.5 Å². The molecule has 0 amide bonds. The molecule has 3 rings (SSSR count). The van der Waals surface area contributed by atoms with Crippen LogP contribution in [-0.2, 0) is 13.6 Å². The van der Waals surface area contributed by atoms with Crippen LogP contribution < -0.4 is 4.74 Å². The van der Waals surface area contributed by atoms with Gasteiger partial charge in [0.05, 0.1) is 25.0 Å². The van der Waals surface area contributed by atoms with Crippen LogP contribution in [0.3, 0.4) is 0 Å². The molecule has 6 heteroatoms. The summed E-state index contributed by atoms with van der Waals surface area (Å²) >= 11 is 0. The Morgan fingerprint density at radius 3 is 2.44 bits per heavy atom. The van der Waals surface area contributed by atoms with Gasteiger partial charge in [-0.05, 0) is 56.7 Å². The lowest BCUT2D eigenvalue weighted by Crippen LogP contribution is -2.06. The standard InChI is InChI=1S/C21H24N4O2/c1-14-10-16(3)25(23-14)13-18-12-17(7-9-21(18)27-5)6-8-20(26)19-11-15(2)22-24(19)4/h6-12H,13H2,1-5H3/b8-6+. The summed E-state index contributed by atoms with van der Waals surface area (Å²) in [5.41, 5.74) is 5.41. The number of methoxy groups -OCH3 is 1. The number of aryl methyl sites for hydroxylation is 4. The normalized spacial score (nSPS) is 11.3. The molecule has 2 aromatic heterocycles. The third kappa shape index (κ3) is 4.16. The van der Waals surface area contributed by atoms with Gasteiger partial charge in [-0.2, -0.15) is 10.2 Å². The highest BCUT2D eigenvalue weighted by Gasteiger charge is 2.10. The summed E-state index contributed by atoms with van der Waals surface area (Å²) in [6, 6.07) is 9.70. The van der Waals surface area contributed by atoms with Crippen molar-refractivity contribution < 1.29 is 9.53 Å². The second-order valence-electron chi connectivity index (χ2n) is 6.65. The molecule has 27 heavy (non-hydrogen) atoms. The number of allylic oxidation sites excluding steroid dienone is 1. The van der Waals surface area contributed by atoms with E-state index in [0.717, 1.165) is 34.0 Å². The summed E-state index contributed by atoms with van der Waals surface area (Å²) < 4.78 is 9.04. The molecule has 1 aromatic carbocycles. The largest absolute Gasteiger partial charge is 0.496 e. The van der Waals surface area contributed by atoms with Crippen LogP contribution in [0.15, 0.2) is 36.4 Å². The number of carbonyl (C=O) groups is 1. The van der Waals surface area contributed by atoms with Gasteiger partial charge in [0, 0.05) is 18.3 Å². The molecule has 0 bridgehead atoms. The van der Waals surface area contributed by atoms with E-state index in [1.54, 1.807) is 31.0 Å². The lowest BCUT2D eigenvalue weighted by Gasteiger charge is -2.11. The molecule has 6 nitrogen and oxygen atoms in total. The number of aromatic nitrogens is 4. The van der Waals surface area contributed by atoms with Crippen LogP contribution in [0.5, 0.6) is 5.75 Å². The molecule has 0 unspecified atom stereocenters. The van der Waals surface area contributed by atoms with Crippen LogP contribution in [0.25, 0.3) is 6.08 Å². The second kappa shape index (κ2) is 7.61. The average molecular weight is 364 g/mol. The Morgan fingerprint density at radius 1 is 1.11 bits per heavy atom. The zero-order valence-corrected chi connectivity index (χ0v) is 16.4. The Morgan fingerprint density at radius 2 is 1.85 bits per heavy atom. The van der Waals surface area contributed by atoms with E-state index in [2.05, 4.69) is 10.2 Å². The first-order chi connectivity index (χ1) is 12.9. The lowest BCUT2D eigenvalue weighted by atomic mass is 10.1. The maximum absolute atomic E-state index is 12.4. The fourth-order valence-corrected chi connectivity index (χ4v) is 3.12. The monoisotopic (exact) mass is 364 g/mol. The summed E-state index contributed by atoms with van der Waals surface area (Å²) in [4.78, 5) is 12.4. The number of hydrogen-bond donors (Lipinski definition) is 0. The molecule has 0 N–H and O–H groups in total. The first-order valence-corrected chi connectivity index (χ1v) is 8.78. The van der Waals surface area contributed by atoms with Gasteiger partial charge in [0.1, 0.15) is 11.4 Å². The van der Waals surface area contributed by atoms with Crippen LogP contribution in [0.4, 0.5) is 0 Å². The SMILES string of the molecule is COc1ccc(/C=C/C(=O)c2cc(C)nn2C)cc1Cn1nc(C)cc1C. The summed E-state index contributed by atoms with van der Waals surface area (Å²) in [7, 11) is 3.43. The minimum atomic E-state index is -0.0750. The van der Waals surface area contributed by atoms with Crippen LogP contribution >= 0.6 is 0 Å². The van der Waals surface area contributed by atoms with Gasteiger partial charge >= 0.3 is 0 Å². The van der Waals surface area contributed by atoms with Gasteiger partial charge in [-0.15, -0.1) is 0 Å². The van der Waals surface area contributed by atoms with Crippen molar-refractivity contribution in [1.29, 1.82) is 0 Å². The van der Waals surface area contributed by atoms with Crippen molar-refractivity contribution in [3.8, 4) is 5.75 Å². The zero-order chi connectivity index (χ0) is 19.6. The van der Waals surface area contributed by atoms with Crippen molar-refractivity contribution in [3.63, 3.8) is 0 Å². The maximum Gasteiger partial charge on any atom is 0.203 e. The summed E-state index contributed by atoms with van der Waals surface area (Å²) in [6.07, 6.45) is 3.39. The molecular weight excluding hydrogens is 340 g/mol. The molecule has 2 heterocycles. The summed E-state index contributed by atoms with van der Waals surface area (Å²) in [5, 5.41) is 8.73. The van der Waals surface area contributed by atoms with Crippen LogP contribution in [0.2, 0.25) is 0 Å². The Kier molecular flexibility index (Phi) is 5.26. The number of carbonyl (C=O) groups excluding carboxylic acids is 1. The van der Waals surface area contributed by atoms with E-state index in [9.17, 15) is 4.79 Å². The first-order valence-electron chi connectivity index (χ1n) is 8.78. The second-order valence-corrected chi connectivity index (χ2v) is 6.65. The van der Waals surface area contributed by atoms with Crippen LogP contribution in [0, 0.1) is 20.8 Å². The van der Waals surface area contributed by atoms with E-state index in [1.807, 2.05) is 55.8 Å². The topological polar surface area (TPSA) is 61.9 Å². The highest BCUT2D eigenvalue weighted by molar-refractivity contribution is 6.05. The van der Waals surface area contributed by atoms with Crippen molar-refractivity contribution >= 4 is 11.9 Å². The number of nitrogens with zero attached hydrogens (tertiary/aromatic N) is 4. The van der Waals surface area contributed by atoms with E-state index in [0.29, 0.717) is 12.2 Å². The third-order valence-electron chi connectivity index (χ3n) is 4.41. The predicted molar refractivity (Wildman–Crippen MR) is 105 cm³/mol. The van der Waals surface area contributed by atoms with E-state index < -0.39 is 0 Å². The molecule has 3 aromatic rings. The van der Waals surface area contributed by atoms with Gasteiger partial charge in [0.25, 0.3) is 0 Å². The van der Waals surface area contributed by atoms with Crippen molar-refractivity contribution in [2.45, 2.75) is 27.3 Å². The van der Waals surface area contributed by atoms with Gasteiger partial charge < -0.3 is 4.74 Å². The van der Waals surface area contributed by atoms with Gasteiger partial charge in [-0.1, -0.05) is 12.1 Å². The van der Waals surface area contributed by atoms with E-state index >= 15 is 0 Å². The molecule has 0 saturated carbocycles. The highest BCUT2D eigenvalue weighted by Crippen LogP contribution is 2.22. The number of benzene rings is 1. The van der Waals surface area contributed by atoms with Crippen molar-refractivity contribution in [3.05, 3.63) is 70.3 Å². The Hall–Kier alpha value is -3.15. The van der Waals surface area contributed by atoms with Gasteiger partial charge in [0.2, 0.25) is 5.78 Å². The van der Waals surface area contributed by atoms with E-state index in [4.69, 9.17) is 4.74 Å². The average Bonchev–Trinajstić information content (AvgIpc) is 3.13. The van der Waals surface area contributed by atoms with E-state index in [1.165, 1.54) is 0 Å². The molecular formula is C21H24N4O2. The Balaban J connectivity index is 1.85. The molecule has 0 aliphatic rings. The highest BCUT2D eigenvalue weighted by atomic mass is 16.5. The first kappa shape index (κ1) is 18.6. The molecule has 0 aliphatic carbocycles. The smallest absolute Gasteiger partial charge is 0.203 e. The quantitative estimate of drug-likeness (QED) is 0.496. The molecule has 0 aliphatic heterocycles. The predicted octanol–water partition coefficient (Wildman–Crippen LogP) is 3.49. The minimum Gasteiger partial charge on any atom is -0.496 e. The molecule has 0 radical (unpaired) electrons. The van der Waals surface area contributed by atoms with Gasteiger partial charge in [-0.3, -0.25) is 14.2 Å². The fraction of sp³-hybridized carbons (Fsp3) is 0.286. The fourth-order valence-electron chi connectivity index (χ4n) is 3.12. The molecule has 140 valence electrons. The molecule has 0 atom stereocenters. The number of ether oxygens (including phenoxy) is 1. The van der Waals surface area contributed by atoms with Gasteiger partial charge in [-0.25, -0.2) is 0 Å². The molecule has 0 saturated heterocycles. The summed E-state index contributed by atoms with van der Waals surface area (Å²) in [5.74, 6) is 0.724. The third-order valence-corrected chi connectivity index (χ3v) is 4.41. The minimum absolute atomic E-state index is 0.0750. The Labute approximate surface area is 159 Å². The van der Waals surface area contributed by atoms with Crippen LogP contribution in [0.1, 0.15) is 38.7 Å². The Bertz CT molecular complexity index is 1010. The molecule has 0 spiro atoms. The van der Waals surface area contributed by atoms with Crippen molar-refractivity contribution in [2.75, 3.05) is 7.11 Å². The lowest BCUT2D eigenvalue weighted by molar-refractivity contribution is 0.103. The maximum atomic E-state index is 12.4. The zero-order valence-electron chi connectivity index (χ0n) is 16.4. The van der Waals surface area contributed by atoms with Crippen molar-refractivity contribution in [1.82, 2.24) is 19.6 Å².